The SMILES string of the molecule is CCC[C@H]1COC[C@H]2CN(Cc3cn(C)nc3-c3ccccc3)CCN12. The molecule has 0 bridgehead atoms. The summed E-state index contributed by atoms with van der Waals surface area (Å²) in [7, 11) is 2.01. The number of fused-ring (bicyclic) bond motifs is 1. The third-order valence-corrected chi connectivity index (χ3v) is 5.67. The van der Waals surface area contributed by atoms with E-state index in [1.165, 1.54) is 24.0 Å². The molecule has 3 heterocycles. The third kappa shape index (κ3) is 3.70. The zero-order valence-electron chi connectivity index (χ0n) is 16.0. The quantitative estimate of drug-likeness (QED) is 0.827. The van der Waals surface area contributed by atoms with Crippen LogP contribution in [0, 0.1) is 0 Å². The molecule has 0 radical (unpaired) electrons. The van der Waals surface area contributed by atoms with Crippen molar-refractivity contribution in [3.05, 3.63) is 42.1 Å². The Hall–Kier alpha value is -1.69. The van der Waals surface area contributed by atoms with Crippen molar-refractivity contribution in [1.82, 2.24) is 19.6 Å². The van der Waals surface area contributed by atoms with Crippen molar-refractivity contribution in [2.45, 2.75) is 38.4 Å². The third-order valence-electron chi connectivity index (χ3n) is 5.67. The number of nitrogens with zero attached hydrogens (tertiary/aromatic N) is 4. The number of aryl methyl sites for hydroxylation is 1. The van der Waals surface area contributed by atoms with Gasteiger partial charge in [0, 0.05) is 62.6 Å². The molecule has 0 N–H and O–H groups in total. The molecule has 5 nitrogen and oxygen atoms in total. The van der Waals surface area contributed by atoms with Gasteiger partial charge in [-0.1, -0.05) is 43.7 Å². The minimum absolute atomic E-state index is 0.533. The highest BCUT2D eigenvalue weighted by atomic mass is 16.5. The fraction of sp³-hybridized carbons (Fsp3) is 0.571. The molecular formula is C21H30N4O. The predicted octanol–water partition coefficient (Wildman–Crippen LogP) is 2.77. The summed E-state index contributed by atoms with van der Waals surface area (Å²) in [5, 5.41) is 4.72. The van der Waals surface area contributed by atoms with Crippen LogP contribution in [0.5, 0.6) is 0 Å². The fourth-order valence-electron chi connectivity index (χ4n) is 4.46. The van der Waals surface area contributed by atoms with Crippen molar-refractivity contribution in [2.75, 3.05) is 32.8 Å². The molecule has 2 aromatic rings. The van der Waals surface area contributed by atoms with E-state index < -0.39 is 0 Å². The summed E-state index contributed by atoms with van der Waals surface area (Å²) in [6.07, 6.45) is 4.65. The molecule has 1 aromatic carbocycles. The summed E-state index contributed by atoms with van der Waals surface area (Å²) in [4.78, 5) is 5.27. The molecule has 2 aliphatic rings. The van der Waals surface area contributed by atoms with Gasteiger partial charge in [-0.05, 0) is 6.42 Å². The van der Waals surface area contributed by atoms with E-state index in [9.17, 15) is 0 Å². The summed E-state index contributed by atoms with van der Waals surface area (Å²) in [5.41, 5.74) is 3.62. The molecular weight excluding hydrogens is 324 g/mol. The summed E-state index contributed by atoms with van der Waals surface area (Å²) in [6, 6.07) is 11.7. The molecule has 26 heavy (non-hydrogen) atoms. The molecule has 2 atom stereocenters. The zero-order valence-corrected chi connectivity index (χ0v) is 16.0. The van der Waals surface area contributed by atoms with E-state index in [-0.39, 0.29) is 0 Å². The van der Waals surface area contributed by atoms with E-state index in [4.69, 9.17) is 9.84 Å². The number of ether oxygens (including phenoxy) is 1. The van der Waals surface area contributed by atoms with Crippen molar-refractivity contribution < 1.29 is 4.74 Å². The number of aromatic nitrogens is 2. The lowest BCUT2D eigenvalue weighted by Gasteiger charge is -2.48. The van der Waals surface area contributed by atoms with Crippen molar-refractivity contribution in [2.24, 2.45) is 7.05 Å². The summed E-state index contributed by atoms with van der Waals surface area (Å²) in [6.45, 7) is 8.37. The van der Waals surface area contributed by atoms with Crippen LogP contribution in [-0.4, -0.2) is 64.5 Å². The number of benzene rings is 1. The van der Waals surface area contributed by atoms with Gasteiger partial charge in [0.2, 0.25) is 0 Å². The maximum Gasteiger partial charge on any atom is 0.0968 e. The Morgan fingerprint density at radius 2 is 2.00 bits per heavy atom. The van der Waals surface area contributed by atoms with E-state index in [2.05, 4.69) is 53.3 Å². The molecule has 0 aliphatic carbocycles. The van der Waals surface area contributed by atoms with Crippen molar-refractivity contribution >= 4 is 0 Å². The van der Waals surface area contributed by atoms with Crippen LogP contribution in [0.25, 0.3) is 11.3 Å². The van der Waals surface area contributed by atoms with Gasteiger partial charge in [0.25, 0.3) is 0 Å². The van der Waals surface area contributed by atoms with Gasteiger partial charge in [-0.3, -0.25) is 14.5 Å². The predicted molar refractivity (Wildman–Crippen MR) is 104 cm³/mol. The van der Waals surface area contributed by atoms with Crippen LogP contribution in [0.3, 0.4) is 0 Å². The molecule has 0 spiro atoms. The lowest BCUT2D eigenvalue weighted by molar-refractivity contribution is -0.0840. The highest BCUT2D eigenvalue weighted by molar-refractivity contribution is 5.62. The standard InChI is InChI=1S/C21H30N4O/c1-3-7-19-15-26-16-20-14-24(10-11-25(19)20)13-18-12-23(2)22-21(18)17-8-5-4-6-9-17/h4-6,8-9,12,19-20H,3,7,10-11,13-16H2,1-2H3/t19-,20+/m0/s1. The molecule has 1 aromatic heterocycles. The molecule has 2 aliphatic heterocycles. The van der Waals surface area contributed by atoms with E-state index >= 15 is 0 Å². The van der Waals surface area contributed by atoms with Gasteiger partial charge in [0.15, 0.2) is 0 Å². The van der Waals surface area contributed by atoms with E-state index in [0.29, 0.717) is 12.1 Å². The summed E-state index contributed by atoms with van der Waals surface area (Å²) >= 11 is 0. The fourth-order valence-corrected chi connectivity index (χ4v) is 4.46. The number of piperazine rings is 1. The number of hydrogen-bond donors (Lipinski definition) is 0. The Morgan fingerprint density at radius 3 is 2.81 bits per heavy atom. The normalized spacial score (nSPS) is 24.5. The van der Waals surface area contributed by atoms with Gasteiger partial charge in [-0.2, -0.15) is 5.10 Å². The highest BCUT2D eigenvalue weighted by Crippen LogP contribution is 2.26. The van der Waals surface area contributed by atoms with Crippen LogP contribution < -0.4 is 0 Å². The number of rotatable bonds is 5. The first-order valence-corrected chi connectivity index (χ1v) is 9.88. The molecule has 5 heteroatoms. The Bertz CT molecular complexity index is 712. The van der Waals surface area contributed by atoms with Gasteiger partial charge in [0.05, 0.1) is 18.9 Å². The van der Waals surface area contributed by atoms with Gasteiger partial charge >= 0.3 is 0 Å². The largest absolute Gasteiger partial charge is 0.378 e. The number of morpholine rings is 1. The second-order valence-electron chi connectivity index (χ2n) is 7.65. The maximum atomic E-state index is 5.92. The Balaban J connectivity index is 1.46. The maximum absolute atomic E-state index is 5.92. The minimum Gasteiger partial charge on any atom is -0.378 e. The van der Waals surface area contributed by atoms with E-state index in [1.807, 2.05) is 11.7 Å². The molecule has 0 unspecified atom stereocenters. The van der Waals surface area contributed by atoms with Crippen LogP contribution in [0.2, 0.25) is 0 Å². The van der Waals surface area contributed by atoms with Crippen LogP contribution in [0.4, 0.5) is 0 Å². The first-order valence-electron chi connectivity index (χ1n) is 9.88. The minimum atomic E-state index is 0.533. The van der Waals surface area contributed by atoms with Crippen molar-refractivity contribution in [3.63, 3.8) is 0 Å². The first kappa shape index (κ1) is 17.7. The van der Waals surface area contributed by atoms with Crippen LogP contribution >= 0.6 is 0 Å². The monoisotopic (exact) mass is 354 g/mol. The lowest BCUT2D eigenvalue weighted by Crippen LogP contribution is -2.61. The topological polar surface area (TPSA) is 33.5 Å². The van der Waals surface area contributed by atoms with E-state index in [1.54, 1.807) is 0 Å². The molecule has 0 saturated carbocycles. The Labute approximate surface area is 156 Å². The van der Waals surface area contributed by atoms with Crippen LogP contribution in [-0.2, 0) is 18.3 Å². The molecule has 4 rings (SSSR count). The second kappa shape index (κ2) is 7.91. The zero-order chi connectivity index (χ0) is 17.9. The lowest BCUT2D eigenvalue weighted by atomic mass is 10.0. The van der Waals surface area contributed by atoms with Gasteiger partial charge in [-0.25, -0.2) is 0 Å². The summed E-state index contributed by atoms with van der Waals surface area (Å²) < 4.78 is 7.85. The first-order chi connectivity index (χ1) is 12.7. The van der Waals surface area contributed by atoms with Crippen LogP contribution in [0.15, 0.2) is 36.5 Å². The van der Waals surface area contributed by atoms with Gasteiger partial charge in [0.1, 0.15) is 0 Å². The molecule has 2 saturated heterocycles. The van der Waals surface area contributed by atoms with Crippen molar-refractivity contribution in [1.29, 1.82) is 0 Å². The number of hydrogen-bond acceptors (Lipinski definition) is 4. The average molecular weight is 354 g/mol. The Kier molecular flexibility index (Phi) is 5.38. The molecule has 2 fully saturated rings. The van der Waals surface area contributed by atoms with Crippen molar-refractivity contribution in [3.8, 4) is 11.3 Å². The van der Waals surface area contributed by atoms with E-state index in [0.717, 1.165) is 45.1 Å². The Morgan fingerprint density at radius 1 is 1.15 bits per heavy atom. The van der Waals surface area contributed by atoms with Crippen LogP contribution in [0.1, 0.15) is 25.3 Å². The summed E-state index contributed by atoms with van der Waals surface area (Å²) in [5.74, 6) is 0. The second-order valence-corrected chi connectivity index (χ2v) is 7.65. The van der Waals surface area contributed by atoms with Gasteiger partial charge in [-0.15, -0.1) is 0 Å². The highest BCUT2D eigenvalue weighted by Gasteiger charge is 2.35. The molecule has 140 valence electrons. The smallest absolute Gasteiger partial charge is 0.0968 e. The average Bonchev–Trinajstić information content (AvgIpc) is 3.03. The van der Waals surface area contributed by atoms with Gasteiger partial charge < -0.3 is 4.74 Å². The molecule has 0 amide bonds.